The lowest BCUT2D eigenvalue weighted by Gasteiger charge is -2.08. The predicted molar refractivity (Wildman–Crippen MR) is 102 cm³/mol. The fourth-order valence-electron chi connectivity index (χ4n) is 2.61. The highest BCUT2D eigenvalue weighted by atomic mass is 32.2. The largest absolute Gasteiger partial charge is 0.460 e. The molecule has 0 spiro atoms. The van der Waals surface area contributed by atoms with Gasteiger partial charge in [-0.3, -0.25) is 4.79 Å². The molecule has 5 nitrogen and oxygen atoms in total. The number of hydrogen-bond acceptors (Lipinski definition) is 5. The third-order valence-corrected chi connectivity index (χ3v) is 4.82. The van der Waals surface area contributed by atoms with Crippen LogP contribution in [0.2, 0.25) is 0 Å². The highest BCUT2D eigenvalue weighted by Crippen LogP contribution is 2.24. The van der Waals surface area contributed by atoms with Crippen LogP contribution in [-0.2, 0) is 22.7 Å². The molecule has 0 unspecified atom stereocenters. The van der Waals surface area contributed by atoms with Crippen LogP contribution in [0.5, 0.6) is 0 Å². The zero-order valence-corrected chi connectivity index (χ0v) is 15.3. The van der Waals surface area contributed by atoms with E-state index in [0.29, 0.717) is 5.56 Å². The van der Waals surface area contributed by atoms with E-state index in [1.165, 1.54) is 11.8 Å². The zero-order chi connectivity index (χ0) is 18.4. The van der Waals surface area contributed by atoms with Gasteiger partial charge in [-0.15, -0.1) is 0 Å². The minimum Gasteiger partial charge on any atom is -0.460 e. The minimum atomic E-state index is -0.283. The summed E-state index contributed by atoms with van der Waals surface area (Å²) in [5.74, 6) is -0.0713. The summed E-state index contributed by atoms with van der Waals surface area (Å²) in [6.45, 7) is 3.19. The van der Waals surface area contributed by atoms with Crippen molar-refractivity contribution in [2.45, 2.75) is 31.7 Å². The molecule has 1 heterocycles. The van der Waals surface area contributed by atoms with E-state index in [9.17, 15) is 4.79 Å². The number of esters is 1. The maximum absolute atomic E-state index is 12.1. The Bertz CT molecular complexity index is 942. The van der Waals surface area contributed by atoms with Gasteiger partial charge < -0.3 is 9.30 Å². The van der Waals surface area contributed by atoms with Crippen molar-refractivity contribution >= 4 is 28.8 Å². The molecule has 0 aliphatic carbocycles. The maximum atomic E-state index is 12.1. The number of carbonyl (C=O) groups is 1. The molecular formula is C20H19N3O2S. The Balaban J connectivity index is 1.59. The van der Waals surface area contributed by atoms with Crippen molar-refractivity contribution in [3.8, 4) is 6.07 Å². The Hall–Kier alpha value is -2.78. The van der Waals surface area contributed by atoms with Crippen molar-refractivity contribution in [2.24, 2.45) is 0 Å². The minimum absolute atomic E-state index is 0.205. The molecule has 0 saturated carbocycles. The van der Waals surface area contributed by atoms with Crippen molar-refractivity contribution in [1.82, 2.24) is 9.55 Å². The first-order valence-corrected chi connectivity index (χ1v) is 9.42. The summed E-state index contributed by atoms with van der Waals surface area (Å²) in [7, 11) is 0. The van der Waals surface area contributed by atoms with Crippen LogP contribution in [0.15, 0.2) is 53.7 Å². The molecule has 0 radical (unpaired) electrons. The molecule has 3 aromatic rings. The molecule has 0 aliphatic heterocycles. The van der Waals surface area contributed by atoms with Crippen molar-refractivity contribution in [2.75, 3.05) is 5.75 Å². The molecular weight excluding hydrogens is 346 g/mol. The van der Waals surface area contributed by atoms with Crippen molar-refractivity contribution in [1.29, 1.82) is 5.26 Å². The van der Waals surface area contributed by atoms with Crippen LogP contribution < -0.4 is 0 Å². The fraction of sp³-hybridized carbons (Fsp3) is 0.250. The topological polar surface area (TPSA) is 67.9 Å². The van der Waals surface area contributed by atoms with E-state index in [2.05, 4.69) is 22.5 Å². The molecule has 0 N–H and O–H groups in total. The number of para-hydroxylation sites is 2. The van der Waals surface area contributed by atoms with E-state index >= 15 is 0 Å². The summed E-state index contributed by atoms with van der Waals surface area (Å²) in [5, 5.41) is 9.63. The summed E-state index contributed by atoms with van der Waals surface area (Å²) in [5.41, 5.74) is 3.48. The third kappa shape index (κ3) is 4.24. The molecule has 0 aliphatic rings. The van der Waals surface area contributed by atoms with Gasteiger partial charge in [0.1, 0.15) is 6.61 Å². The van der Waals surface area contributed by atoms with Crippen LogP contribution in [0.25, 0.3) is 11.0 Å². The lowest BCUT2D eigenvalue weighted by atomic mass is 10.2. The summed E-state index contributed by atoms with van der Waals surface area (Å²) in [6.07, 6.45) is 0.997. The molecule has 0 amide bonds. The number of ether oxygens (including phenoxy) is 1. The van der Waals surface area contributed by atoms with Crippen LogP contribution in [-0.4, -0.2) is 21.3 Å². The Kier molecular flexibility index (Phi) is 5.92. The molecule has 26 heavy (non-hydrogen) atoms. The van der Waals surface area contributed by atoms with E-state index in [1.54, 1.807) is 24.3 Å². The first-order chi connectivity index (χ1) is 12.7. The van der Waals surface area contributed by atoms with Gasteiger partial charge in [0, 0.05) is 6.54 Å². The second-order valence-corrected chi connectivity index (χ2v) is 6.74. The normalized spacial score (nSPS) is 10.6. The van der Waals surface area contributed by atoms with Crippen LogP contribution in [0.3, 0.4) is 0 Å². The molecule has 0 fully saturated rings. The van der Waals surface area contributed by atoms with Gasteiger partial charge in [0.2, 0.25) is 0 Å². The number of aryl methyl sites for hydroxylation is 1. The predicted octanol–water partition coefficient (Wildman–Crippen LogP) is 4.15. The van der Waals surface area contributed by atoms with Crippen LogP contribution in [0, 0.1) is 11.3 Å². The number of nitriles is 1. The van der Waals surface area contributed by atoms with Gasteiger partial charge in [-0.25, -0.2) is 4.98 Å². The smallest absolute Gasteiger partial charge is 0.316 e. The number of aromatic nitrogens is 2. The van der Waals surface area contributed by atoms with Gasteiger partial charge in [-0.05, 0) is 36.2 Å². The lowest BCUT2D eigenvalue weighted by Crippen LogP contribution is -2.08. The second kappa shape index (κ2) is 8.54. The number of rotatable bonds is 7. The monoisotopic (exact) mass is 365 g/mol. The zero-order valence-electron chi connectivity index (χ0n) is 14.5. The highest BCUT2D eigenvalue weighted by molar-refractivity contribution is 7.99. The average molecular weight is 365 g/mol. The summed E-state index contributed by atoms with van der Waals surface area (Å²) < 4.78 is 7.46. The summed E-state index contributed by atoms with van der Waals surface area (Å²) in [6, 6.07) is 17.1. The van der Waals surface area contributed by atoms with Gasteiger partial charge in [-0.2, -0.15) is 5.26 Å². The van der Waals surface area contributed by atoms with Crippen molar-refractivity contribution in [3.63, 3.8) is 0 Å². The van der Waals surface area contributed by atoms with Crippen LogP contribution in [0.4, 0.5) is 0 Å². The standard InChI is InChI=1S/C20H19N3O2S/c1-2-11-23-18-6-4-3-5-17(18)22-20(23)26-14-19(24)25-13-16-9-7-15(12-21)8-10-16/h3-10H,2,11,13-14H2,1H3. The molecule has 0 atom stereocenters. The van der Waals surface area contributed by atoms with Gasteiger partial charge in [-0.1, -0.05) is 43.0 Å². The average Bonchev–Trinajstić information content (AvgIpc) is 3.03. The molecule has 6 heteroatoms. The van der Waals surface area contributed by atoms with E-state index in [4.69, 9.17) is 10.00 Å². The molecule has 0 saturated heterocycles. The Morgan fingerprint density at radius 1 is 1.23 bits per heavy atom. The number of hydrogen-bond donors (Lipinski definition) is 0. The third-order valence-electron chi connectivity index (χ3n) is 3.87. The van der Waals surface area contributed by atoms with Crippen molar-refractivity contribution < 1.29 is 9.53 Å². The number of nitrogens with zero attached hydrogens (tertiary/aromatic N) is 3. The molecule has 132 valence electrons. The number of imidazole rings is 1. The molecule has 0 bridgehead atoms. The SMILES string of the molecule is CCCn1c(SCC(=O)OCc2ccc(C#N)cc2)nc2ccccc21. The maximum Gasteiger partial charge on any atom is 0.316 e. The number of thioether (sulfide) groups is 1. The van der Waals surface area contributed by atoms with E-state index in [1.807, 2.05) is 24.3 Å². The second-order valence-electron chi connectivity index (χ2n) is 5.79. The van der Waals surface area contributed by atoms with E-state index in [0.717, 1.165) is 34.7 Å². The van der Waals surface area contributed by atoms with Gasteiger partial charge in [0.05, 0.1) is 28.4 Å². The van der Waals surface area contributed by atoms with Crippen molar-refractivity contribution in [3.05, 3.63) is 59.7 Å². The van der Waals surface area contributed by atoms with Gasteiger partial charge >= 0.3 is 5.97 Å². The Morgan fingerprint density at radius 2 is 2.00 bits per heavy atom. The molecule has 2 aromatic carbocycles. The van der Waals surface area contributed by atoms with Crippen LogP contribution >= 0.6 is 11.8 Å². The van der Waals surface area contributed by atoms with Crippen LogP contribution in [0.1, 0.15) is 24.5 Å². The van der Waals surface area contributed by atoms with E-state index < -0.39 is 0 Å². The molecule has 1 aromatic heterocycles. The van der Waals surface area contributed by atoms with Gasteiger partial charge in [0.15, 0.2) is 5.16 Å². The number of benzene rings is 2. The molecule has 3 rings (SSSR count). The first-order valence-electron chi connectivity index (χ1n) is 8.44. The number of fused-ring (bicyclic) bond motifs is 1. The van der Waals surface area contributed by atoms with E-state index in [-0.39, 0.29) is 18.3 Å². The quantitative estimate of drug-likeness (QED) is 0.465. The fourth-order valence-corrected chi connectivity index (χ4v) is 3.45. The first kappa shape index (κ1) is 18.0. The Labute approximate surface area is 156 Å². The van der Waals surface area contributed by atoms with Gasteiger partial charge in [0.25, 0.3) is 0 Å². The summed E-state index contributed by atoms with van der Waals surface area (Å²) in [4.78, 5) is 16.7. The Morgan fingerprint density at radius 3 is 2.73 bits per heavy atom. The highest BCUT2D eigenvalue weighted by Gasteiger charge is 2.13. The lowest BCUT2D eigenvalue weighted by molar-refractivity contribution is -0.141. The summed E-state index contributed by atoms with van der Waals surface area (Å²) >= 11 is 1.40. The number of carbonyl (C=O) groups excluding carboxylic acids is 1.